The Morgan fingerprint density at radius 1 is 1.12 bits per heavy atom. The zero-order chi connectivity index (χ0) is 17.1. The topological polar surface area (TPSA) is 49.4 Å². The second-order valence-corrected chi connectivity index (χ2v) is 5.96. The third-order valence-corrected chi connectivity index (χ3v) is 4.18. The molecule has 0 bridgehead atoms. The van der Waals surface area contributed by atoms with Crippen LogP contribution in [-0.4, -0.2) is 24.4 Å². The highest BCUT2D eigenvalue weighted by Crippen LogP contribution is 2.23. The number of hydrogen-bond acceptors (Lipinski definition) is 3. The Bertz CT molecular complexity index is 758. The van der Waals surface area contributed by atoms with Gasteiger partial charge < -0.3 is 5.32 Å². The van der Waals surface area contributed by atoms with Gasteiger partial charge in [-0.05, 0) is 37.1 Å². The third-order valence-electron chi connectivity index (χ3n) is 4.18. The van der Waals surface area contributed by atoms with Crippen LogP contribution in [0.1, 0.15) is 17.5 Å². The molecule has 24 heavy (non-hydrogen) atoms. The van der Waals surface area contributed by atoms with E-state index in [0.29, 0.717) is 24.2 Å². The van der Waals surface area contributed by atoms with Gasteiger partial charge in [-0.25, -0.2) is 9.29 Å². The predicted molar refractivity (Wildman–Crippen MR) is 90.2 cm³/mol. The van der Waals surface area contributed by atoms with Crippen LogP contribution in [0.4, 0.5) is 10.1 Å². The van der Waals surface area contributed by atoms with E-state index >= 15 is 0 Å². The molecular formula is C19H19FN2O2. The second-order valence-electron chi connectivity index (χ2n) is 5.96. The first-order valence-corrected chi connectivity index (χ1v) is 7.96. The second kappa shape index (κ2) is 6.93. The minimum absolute atomic E-state index is 0.129. The molecule has 2 aromatic rings. The number of nitrogens with zero attached hydrogens (tertiary/aromatic N) is 1. The molecule has 4 nitrogen and oxygen atoms in total. The third kappa shape index (κ3) is 3.36. The minimum atomic E-state index is -0.550. The van der Waals surface area contributed by atoms with Crippen molar-refractivity contribution in [2.45, 2.75) is 25.8 Å². The Kier molecular flexibility index (Phi) is 4.71. The van der Waals surface area contributed by atoms with Crippen molar-refractivity contribution in [3.05, 3.63) is 65.5 Å². The summed E-state index contributed by atoms with van der Waals surface area (Å²) in [6.45, 7) is 2.39. The van der Waals surface area contributed by atoms with Crippen LogP contribution < -0.4 is 10.2 Å². The van der Waals surface area contributed by atoms with Crippen LogP contribution >= 0.6 is 0 Å². The number of imide groups is 1. The van der Waals surface area contributed by atoms with Gasteiger partial charge in [0.15, 0.2) is 0 Å². The van der Waals surface area contributed by atoms with E-state index in [0.717, 1.165) is 5.56 Å². The van der Waals surface area contributed by atoms with E-state index in [-0.39, 0.29) is 24.1 Å². The van der Waals surface area contributed by atoms with Crippen molar-refractivity contribution < 1.29 is 14.0 Å². The number of nitrogens with one attached hydrogen (secondary N) is 1. The van der Waals surface area contributed by atoms with Crippen molar-refractivity contribution in [2.75, 3.05) is 11.4 Å². The van der Waals surface area contributed by atoms with Crippen LogP contribution in [0.3, 0.4) is 0 Å². The van der Waals surface area contributed by atoms with E-state index in [2.05, 4.69) is 5.32 Å². The number of aryl methyl sites for hydroxylation is 1. The molecule has 3 rings (SSSR count). The van der Waals surface area contributed by atoms with Crippen molar-refractivity contribution >= 4 is 17.5 Å². The predicted octanol–water partition coefficient (Wildman–Crippen LogP) is 2.60. The Balaban J connectivity index is 1.62. The van der Waals surface area contributed by atoms with Gasteiger partial charge in [0.1, 0.15) is 5.82 Å². The number of benzene rings is 2. The Hall–Kier alpha value is -2.53. The summed E-state index contributed by atoms with van der Waals surface area (Å²) < 4.78 is 13.6. The summed E-state index contributed by atoms with van der Waals surface area (Å²) in [5.74, 6) is -0.723. The summed E-state index contributed by atoms with van der Waals surface area (Å²) in [6, 6.07) is 13.3. The van der Waals surface area contributed by atoms with Crippen LogP contribution in [0, 0.1) is 12.7 Å². The number of rotatable bonds is 5. The number of carbonyl (C=O) groups excluding carboxylic acids is 2. The van der Waals surface area contributed by atoms with Gasteiger partial charge in [0, 0.05) is 6.54 Å². The Morgan fingerprint density at radius 2 is 1.83 bits per heavy atom. The van der Waals surface area contributed by atoms with Gasteiger partial charge in [0.25, 0.3) is 5.91 Å². The average Bonchev–Trinajstić information content (AvgIpc) is 2.84. The van der Waals surface area contributed by atoms with Gasteiger partial charge in [0.05, 0.1) is 18.2 Å². The van der Waals surface area contributed by atoms with Gasteiger partial charge in [0.2, 0.25) is 5.91 Å². The molecule has 1 atom stereocenters. The lowest BCUT2D eigenvalue weighted by Gasteiger charge is -2.16. The summed E-state index contributed by atoms with van der Waals surface area (Å²) in [5, 5.41) is 3.07. The monoisotopic (exact) mass is 326 g/mol. The fourth-order valence-corrected chi connectivity index (χ4v) is 2.84. The fraction of sp³-hybridized carbons (Fsp3) is 0.263. The van der Waals surface area contributed by atoms with E-state index in [1.165, 1.54) is 11.0 Å². The maximum Gasteiger partial charge on any atom is 0.251 e. The molecule has 2 aromatic carbocycles. The highest BCUT2D eigenvalue weighted by molar-refractivity contribution is 6.22. The lowest BCUT2D eigenvalue weighted by molar-refractivity contribution is -0.121. The van der Waals surface area contributed by atoms with E-state index in [9.17, 15) is 14.0 Å². The fourth-order valence-electron chi connectivity index (χ4n) is 2.84. The number of carbonyl (C=O) groups is 2. The molecule has 1 aliphatic heterocycles. The normalized spacial score (nSPS) is 17.6. The first-order valence-electron chi connectivity index (χ1n) is 7.96. The molecule has 0 spiro atoms. The summed E-state index contributed by atoms with van der Waals surface area (Å²) in [4.78, 5) is 25.9. The maximum absolute atomic E-state index is 13.6. The summed E-state index contributed by atoms with van der Waals surface area (Å²) >= 11 is 0. The maximum atomic E-state index is 13.6. The number of hydrogen-bond donors (Lipinski definition) is 1. The smallest absolute Gasteiger partial charge is 0.251 e. The molecule has 0 saturated carbocycles. The molecule has 1 fully saturated rings. The van der Waals surface area contributed by atoms with Crippen molar-refractivity contribution in [3.8, 4) is 0 Å². The molecule has 5 heteroatoms. The number of amides is 2. The molecule has 2 amide bonds. The van der Waals surface area contributed by atoms with Crippen molar-refractivity contribution in [1.29, 1.82) is 0 Å². The number of anilines is 1. The van der Waals surface area contributed by atoms with Crippen molar-refractivity contribution in [1.82, 2.24) is 5.32 Å². The standard InChI is InChI=1S/C19H19FN2O2/c1-13-6-8-15(9-7-13)22-18(23)12-17(19(22)24)21-11-10-14-4-2-3-5-16(14)20/h2-9,17,21H,10-12H2,1H3. The van der Waals surface area contributed by atoms with Gasteiger partial charge >= 0.3 is 0 Å². The average molecular weight is 326 g/mol. The zero-order valence-electron chi connectivity index (χ0n) is 13.5. The van der Waals surface area contributed by atoms with Crippen molar-refractivity contribution in [3.63, 3.8) is 0 Å². The molecule has 124 valence electrons. The minimum Gasteiger partial charge on any atom is -0.305 e. The molecule has 1 aliphatic rings. The molecule has 0 radical (unpaired) electrons. The van der Waals surface area contributed by atoms with Gasteiger partial charge in [-0.2, -0.15) is 0 Å². The number of halogens is 1. The molecule has 0 aliphatic carbocycles. The van der Waals surface area contributed by atoms with Crippen LogP contribution in [0.2, 0.25) is 0 Å². The van der Waals surface area contributed by atoms with Crippen LogP contribution in [0.5, 0.6) is 0 Å². The van der Waals surface area contributed by atoms with Gasteiger partial charge in [-0.15, -0.1) is 0 Å². The van der Waals surface area contributed by atoms with Crippen LogP contribution in [0.25, 0.3) is 0 Å². The molecule has 1 unspecified atom stereocenters. The summed E-state index contributed by atoms with van der Waals surface area (Å²) in [7, 11) is 0. The summed E-state index contributed by atoms with van der Waals surface area (Å²) in [6.07, 6.45) is 0.596. The van der Waals surface area contributed by atoms with E-state index in [4.69, 9.17) is 0 Å². The molecule has 0 aromatic heterocycles. The molecule has 1 heterocycles. The van der Waals surface area contributed by atoms with Gasteiger partial charge in [-0.3, -0.25) is 9.59 Å². The van der Waals surface area contributed by atoms with Crippen LogP contribution in [0.15, 0.2) is 48.5 Å². The van der Waals surface area contributed by atoms with Gasteiger partial charge in [-0.1, -0.05) is 35.9 Å². The zero-order valence-corrected chi connectivity index (χ0v) is 13.5. The Labute approximate surface area is 140 Å². The van der Waals surface area contributed by atoms with E-state index in [1.807, 2.05) is 19.1 Å². The largest absolute Gasteiger partial charge is 0.305 e. The van der Waals surface area contributed by atoms with Crippen molar-refractivity contribution in [2.24, 2.45) is 0 Å². The molecule has 1 saturated heterocycles. The first kappa shape index (κ1) is 16.3. The quantitative estimate of drug-likeness (QED) is 0.859. The van der Waals surface area contributed by atoms with E-state index < -0.39 is 6.04 Å². The highest BCUT2D eigenvalue weighted by atomic mass is 19.1. The Morgan fingerprint density at radius 3 is 2.54 bits per heavy atom. The summed E-state index contributed by atoms with van der Waals surface area (Å²) in [5.41, 5.74) is 2.25. The van der Waals surface area contributed by atoms with E-state index in [1.54, 1.807) is 30.3 Å². The SMILES string of the molecule is Cc1ccc(N2C(=O)CC(NCCc3ccccc3F)C2=O)cc1. The first-order chi connectivity index (χ1) is 11.6. The van der Waals surface area contributed by atoms with Crippen LogP contribution in [-0.2, 0) is 16.0 Å². The lowest BCUT2D eigenvalue weighted by atomic mass is 10.1. The highest BCUT2D eigenvalue weighted by Gasteiger charge is 2.39. The lowest BCUT2D eigenvalue weighted by Crippen LogP contribution is -2.39. The molecular weight excluding hydrogens is 307 g/mol. The molecule has 1 N–H and O–H groups in total.